The Bertz CT molecular complexity index is 36.5. The van der Waals surface area contributed by atoms with E-state index in [2.05, 4.69) is 11.5 Å². The second-order valence-electron chi connectivity index (χ2n) is 0.402. The Morgan fingerprint density at radius 1 is 1.33 bits per heavy atom. The van der Waals surface area contributed by atoms with Crippen molar-refractivity contribution in [1.82, 2.24) is 0 Å². The summed E-state index contributed by atoms with van der Waals surface area (Å²) in [5.41, 5.74) is 8.50. The minimum atomic E-state index is -0.833. The molecule has 0 bridgehead atoms. The van der Waals surface area contributed by atoms with Gasteiger partial charge in [-0.15, -0.1) is 0 Å². The number of primary amides is 2. The molecule has 0 aromatic heterocycles. The number of hydrogen-bond acceptors (Lipinski definition) is 1. The summed E-state index contributed by atoms with van der Waals surface area (Å²) < 4.78 is 0. The van der Waals surface area contributed by atoms with Gasteiger partial charge in [0, 0.05) is 0 Å². The van der Waals surface area contributed by atoms with Gasteiger partial charge in [-0.3, -0.25) is 0 Å². The summed E-state index contributed by atoms with van der Waals surface area (Å²) in [5.74, 6) is 0. The third-order valence-electron chi connectivity index (χ3n) is 0. The molecule has 0 aliphatic rings. The van der Waals surface area contributed by atoms with Crippen LogP contribution in [-0.4, -0.2) is 6.03 Å². The van der Waals surface area contributed by atoms with Crippen LogP contribution >= 0.6 is 0 Å². The van der Waals surface area contributed by atoms with Crippen LogP contribution in [-0.2, 0) is 0 Å². The van der Waals surface area contributed by atoms with E-state index in [0.29, 0.717) is 0 Å². The molecule has 0 aromatic rings. The first-order valence-corrected chi connectivity index (χ1v) is 0.781. The van der Waals surface area contributed by atoms with E-state index in [1.807, 2.05) is 0 Å². The average molecular weight is 210 g/mol. The van der Waals surface area contributed by atoms with Crippen molar-refractivity contribution >= 4 is 6.03 Å². The summed E-state index contributed by atoms with van der Waals surface area (Å²) in [4.78, 5) is 9.00. The molecular weight excluding hydrogens is 206 g/mol. The molecule has 0 fully saturated rings. The maximum Gasteiger partial charge on any atom is 1.00 e. The fourth-order valence-corrected chi connectivity index (χ4v) is 0. The monoisotopic (exact) mass is 210 g/mol. The van der Waals surface area contributed by atoms with E-state index in [9.17, 15) is 0 Å². The quantitative estimate of drug-likeness (QED) is 0.302. The van der Waals surface area contributed by atoms with Crippen molar-refractivity contribution in [3.63, 3.8) is 0 Å². The van der Waals surface area contributed by atoms with Gasteiger partial charge in [0.15, 0.2) is 0 Å². The van der Waals surface area contributed by atoms with Crippen LogP contribution in [0.1, 0.15) is 0 Å². The third-order valence-corrected chi connectivity index (χ3v) is 0. The molecule has 4 N–H and O–H groups in total. The number of halogens is 1. The molecule has 0 atom stereocenters. The Kier molecular flexibility index (Phi) is 24.6. The standard InChI is InChI=1S/CH4N2O.HI.Na/c2-1(3)4;;/h(H4,2,3,4);1H;/q;;+1/p-1. The van der Waals surface area contributed by atoms with Crippen molar-refractivity contribution in [2.75, 3.05) is 0 Å². The van der Waals surface area contributed by atoms with Crippen molar-refractivity contribution in [2.45, 2.75) is 0 Å². The summed E-state index contributed by atoms with van der Waals surface area (Å²) in [6, 6.07) is -0.833. The molecule has 3 nitrogen and oxygen atoms in total. The van der Waals surface area contributed by atoms with E-state index < -0.39 is 6.03 Å². The number of carbonyl (C=O) groups excluding carboxylic acids is 1. The maximum absolute atomic E-state index is 9.00. The Morgan fingerprint density at radius 2 is 1.33 bits per heavy atom. The second-order valence-corrected chi connectivity index (χ2v) is 0.402. The van der Waals surface area contributed by atoms with Gasteiger partial charge in [-0.2, -0.15) is 0 Å². The first kappa shape index (κ1) is 15.8. The fraction of sp³-hybridized carbons (Fsp3) is 0. The molecular formula is CH4IN2NaO. The molecule has 0 spiro atoms. The molecule has 0 saturated carbocycles. The van der Waals surface area contributed by atoms with Gasteiger partial charge in [-0.05, 0) is 0 Å². The van der Waals surface area contributed by atoms with Crippen molar-refractivity contribution in [2.24, 2.45) is 11.5 Å². The van der Waals surface area contributed by atoms with Crippen molar-refractivity contribution in [1.29, 1.82) is 0 Å². The molecule has 0 radical (unpaired) electrons. The van der Waals surface area contributed by atoms with Crippen molar-refractivity contribution < 1.29 is 58.3 Å². The minimum Gasteiger partial charge on any atom is -1.00 e. The van der Waals surface area contributed by atoms with Crippen LogP contribution < -0.4 is 65.0 Å². The summed E-state index contributed by atoms with van der Waals surface area (Å²) in [5, 5.41) is 0. The Morgan fingerprint density at radius 3 is 1.33 bits per heavy atom. The van der Waals surface area contributed by atoms with Crippen LogP contribution in [0.15, 0.2) is 0 Å². The van der Waals surface area contributed by atoms with Gasteiger partial charge in [-0.25, -0.2) is 4.79 Å². The van der Waals surface area contributed by atoms with Gasteiger partial charge in [0.1, 0.15) is 0 Å². The molecule has 0 heterocycles. The smallest absolute Gasteiger partial charge is 1.00 e. The molecule has 0 rings (SSSR count). The number of amides is 2. The zero-order chi connectivity index (χ0) is 3.58. The van der Waals surface area contributed by atoms with Gasteiger partial charge < -0.3 is 35.4 Å². The van der Waals surface area contributed by atoms with Crippen LogP contribution in [0, 0.1) is 0 Å². The molecule has 2 amide bonds. The van der Waals surface area contributed by atoms with Crippen LogP contribution in [0.5, 0.6) is 0 Å². The topological polar surface area (TPSA) is 69.1 Å². The van der Waals surface area contributed by atoms with E-state index >= 15 is 0 Å². The van der Waals surface area contributed by atoms with Gasteiger partial charge in [0.05, 0.1) is 0 Å². The summed E-state index contributed by atoms with van der Waals surface area (Å²) in [6.07, 6.45) is 0. The second kappa shape index (κ2) is 9.38. The van der Waals surface area contributed by atoms with Gasteiger partial charge >= 0.3 is 35.6 Å². The minimum absolute atomic E-state index is 0. The van der Waals surface area contributed by atoms with Crippen molar-refractivity contribution in [3.05, 3.63) is 0 Å². The predicted molar refractivity (Wildman–Crippen MR) is 13.8 cm³/mol. The molecule has 32 valence electrons. The van der Waals surface area contributed by atoms with Gasteiger partial charge in [0.25, 0.3) is 0 Å². The molecule has 0 saturated heterocycles. The van der Waals surface area contributed by atoms with E-state index in [4.69, 9.17) is 4.79 Å². The van der Waals surface area contributed by atoms with Crippen LogP contribution in [0.25, 0.3) is 0 Å². The summed E-state index contributed by atoms with van der Waals surface area (Å²) in [7, 11) is 0. The Labute approximate surface area is 75.1 Å². The Balaban J connectivity index is -0.0000000450. The van der Waals surface area contributed by atoms with Crippen molar-refractivity contribution in [3.8, 4) is 0 Å². The number of urea groups is 1. The van der Waals surface area contributed by atoms with Crippen LogP contribution in [0.3, 0.4) is 0 Å². The Hall–Kier alpha value is 1.00. The molecule has 0 aliphatic carbocycles. The molecule has 0 unspecified atom stereocenters. The SMILES string of the molecule is NC(N)=O.[I-].[Na+]. The summed E-state index contributed by atoms with van der Waals surface area (Å²) >= 11 is 0. The third kappa shape index (κ3) is 80.0. The molecule has 0 aromatic carbocycles. The van der Waals surface area contributed by atoms with Gasteiger partial charge in [0.2, 0.25) is 0 Å². The number of rotatable bonds is 0. The first-order chi connectivity index (χ1) is 1.73. The van der Waals surface area contributed by atoms with E-state index in [0.717, 1.165) is 0 Å². The van der Waals surface area contributed by atoms with E-state index in [1.165, 1.54) is 0 Å². The van der Waals surface area contributed by atoms with Gasteiger partial charge in [-0.1, -0.05) is 0 Å². The molecule has 6 heavy (non-hydrogen) atoms. The van der Waals surface area contributed by atoms with Crippen LogP contribution in [0.4, 0.5) is 4.79 Å². The largest absolute Gasteiger partial charge is 1.00 e. The normalized spacial score (nSPS) is 4.00. The number of nitrogens with two attached hydrogens (primary N) is 2. The first-order valence-electron chi connectivity index (χ1n) is 0.781. The van der Waals surface area contributed by atoms with E-state index in [-0.39, 0.29) is 53.5 Å². The number of hydrogen-bond donors (Lipinski definition) is 2. The zero-order valence-corrected chi connectivity index (χ0v) is 7.60. The zero-order valence-electron chi connectivity index (χ0n) is 3.44. The fourth-order valence-electron chi connectivity index (χ4n) is 0. The predicted octanol–water partition coefficient (Wildman–Crippen LogP) is -6.97. The van der Waals surface area contributed by atoms with Crippen LogP contribution in [0.2, 0.25) is 0 Å². The summed E-state index contributed by atoms with van der Waals surface area (Å²) in [6.45, 7) is 0. The van der Waals surface area contributed by atoms with E-state index in [1.54, 1.807) is 0 Å². The number of carbonyl (C=O) groups is 1. The average Bonchev–Trinajstić information content (AvgIpc) is 0.811. The molecule has 5 heteroatoms. The molecule has 0 aliphatic heterocycles. The maximum atomic E-state index is 9.00.